The lowest BCUT2D eigenvalue weighted by molar-refractivity contribution is -0.117. The summed E-state index contributed by atoms with van der Waals surface area (Å²) in [6.45, 7) is 0.739. The minimum atomic E-state index is -0.468. The zero-order valence-corrected chi connectivity index (χ0v) is 21.1. The molecule has 5 aromatic rings. The zero-order valence-electron chi connectivity index (χ0n) is 21.1. The van der Waals surface area contributed by atoms with Gasteiger partial charge in [-0.3, -0.25) is 9.78 Å². The molecule has 1 N–H and O–H groups in total. The van der Waals surface area contributed by atoms with E-state index in [1.165, 1.54) is 0 Å². The van der Waals surface area contributed by atoms with Gasteiger partial charge in [-0.2, -0.15) is 10.4 Å². The Morgan fingerprint density at radius 2 is 1.64 bits per heavy atom. The number of aromatic nitrogens is 3. The van der Waals surface area contributed by atoms with Crippen molar-refractivity contribution in [2.24, 2.45) is 0 Å². The minimum Gasteiger partial charge on any atom is -0.489 e. The molecule has 0 aliphatic rings. The Bertz CT molecular complexity index is 1600. The average Bonchev–Trinajstić information content (AvgIpc) is 3.43. The number of para-hydroxylation sites is 1. The van der Waals surface area contributed by atoms with Crippen LogP contribution in [0.3, 0.4) is 0 Å². The van der Waals surface area contributed by atoms with Crippen LogP contribution in [0.15, 0.2) is 121 Å². The SMILES string of the molecule is N#CC(=Cc1cn(-c2ccccc2)nc1-c1ccc(OCc2ccccc2)cc1)C(=O)NCc1cccnc1. The van der Waals surface area contributed by atoms with Crippen LogP contribution in [0, 0.1) is 11.3 Å². The lowest BCUT2D eigenvalue weighted by Crippen LogP contribution is -2.24. The maximum atomic E-state index is 12.8. The molecule has 39 heavy (non-hydrogen) atoms. The third-order valence-electron chi connectivity index (χ3n) is 5.98. The fourth-order valence-corrected chi connectivity index (χ4v) is 3.96. The molecule has 0 atom stereocenters. The summed E-state index contributed by atoms with van der Waals surface area (Å²) in [5.41, 5.74) is 4.88. The number of pyridine rings is 1. The van der Waals surface area contributed by atoms with Gasteiger partial charge in [-0.15, -0.1) is 0 Å². The fourth-order valence-electron chi connectivity index (χ4n) is 3.96. The highest BCUT2D eigenvalue weighted by Gasteiger charge is 2.15. The van der Waals surface area contributed by atoms with Crippen molar-refractivity contribution in [2.45, 2.75) is 13.2 Å². The van der Waals surface area contributed by atoms with Crippen molar-refractivity contribution < 1.29 is 9.53 Å². The predicted molar refractivity (Wildman–Crippen MR) is 149 cm³/mol. The molecule has 5 rings (SSSR count). The second-order valence-corrected chi connectivity index (χ2v) is 8.73. The molecule has 0 aliphatic carbocycles. The summed E-state index contributed by atoms with van der Waals surface area (Å²) >= 11 is 0. The second-order valence-electron chi connectivity index (χ2n) is 8.73. The third-order valence-corrected chi connectivity index (χ3v) is 5.98. The molecular formula is C32H25N5O2. The van der Waals surface area contributed by atoms with Gasteiger partial charge in [0.2, 0.25) is 0 Å². The number of rotatable bonds is 9. The van der Waals surface area contributed by atoms with Gasteiger partial charge >= 0.3 is 0 Å². The number of nitriles is 1. The molecule has 7 heteroatoms. The van der Waals surface area contributed by atoms with Crippen LogP contribution in [0.5, 0.6) is 5.75 Å². The molecule has 3 aromatic carbocycles. The molecule has 2 aromatic heterocycles. The van der Waals surface area contributed by atoms with E-state index in [0.717, 1.165) is 28.1 Å². The Balaban J connectivity index is 1.41. The van der Waals surface area contributed by atoms with E-state index in [9.17, 15) is 10.1 Å². The monoisotopic (exact) mass is 511 g/mol. The van der Waals surface area contributed by atoms with Crippen LogP contribution >= 0.6 is 0 Å². The molecule has 2 heterocycles. The van der Waals surface area contributed by atoms with Crippen molar-refractivity contribution in [3.63, 3.8) is 0 Å². The Morgan fingerprint density at radius 1 is 0.923 bits per heavy atom. The van der Waals surface area contributed by atoms with E-state index in [4.69, 9.17) is 9.84 Å². The highest BCUT2D eigenvalue weighted by Crippen LogP contribution is 2.28. The number of carbonyl (C=O) groups is 1. The van der Waals surface area contributed by atoms with Gasteiger partial charge in [-0.1, -0.05) is 54.6 Å². The van der Waals surface area contributed by atoms with Crippen molar-refractivity contribution in [3.05, 3.63) is 138 Å². The number of nitrogens with one attached hydrogen (secondary N) is 1. The first kappa shape index (κ1) is 25.2. The first-order valence-corrected chi connectivity index (χ1v) is 12.4. The Morgan fingerprint density at radius 3 is 2.33 bits per heavy atom. The van der Waals surface area contributed by atoms with Crippen molar-refractivity contribution in [2.75, 3.05) is 0 Å². The van der Waals surface area contributed by atoms with Gasteiger partial charge in [0.05, 0.1) is 11.4 Å². The molecule has 7 nitrogen and oxygen atoms in total. The van der Waals surface area contributed by atoms with Crippen molar-refractivity contribution in [1.29, 1.82) is 5.26 Å². The Hall–Kier alpha value is -5.48. The van der Waals surface area contributed by atoms with Gasteiger partial charge in [-0.25, -0.2) is 4.68 Å². The topological polar surface area (TPSA) is 92.8 Å². The van der Waals surface area contributed by atoms with Crippen LogP contribution in [-0.4, -0.2) is 20.7 Å². The minimum absolute atomic E-state index is 0.0180. The molecule has 0 spiro atoms. The van der Waals surface area contributed by atoms with E-state index in [2.05, 4.69) is 10.3 Å². The lowest BCUT2D eigenvalue weighted by atomic mass is 10.1. The summed E-state index contributed by atoms with van der Waals surface area (Å²) in [5.74, 6) is 0.263. The largest absolute Gasteiger partial charge is 0.489 e. The highest BCUT2D eigenvalue weighted by molar-refractivity contribution is 6.02. The van der Waals surface area contributed by atoms with Crippen molar-refractivity contribution in [3.8, 4) is 28.8 Å². The van der Waals surface area contributed by atoms with Gasteiger partial charge in [-0.05, 0) is 59.7 Å². The first-order valence-electron chi connectivity index (χ1n) is 12.4. The number of benzene rings is 3. The summed E-state index contributed by atoms with van der Waals surface area (Å²) < 4.78 is 7.67. The quantitative estimate of drug-likeness (QED) is 0.201. The van der Waals surface area contributed by atoms with E-state index in [1.54, 1.807) is 29.2 Å². The molecule has 0 fully saturated rings. The molecular weight excluding hydrogens is 486 g/mol. The summed E-state index contributed by atoms with van der Waals surface area (Å²) in [5, 5.41) is 17.4. The molecule has 1 amide bonds. The number of amides is 1. The van der Waals surface area contributed by atoms with Crippen LogP contribution < -0.4 is 10.1 Å². The number of hydrogen-bond acceptors (Lipinski definition) is 5. The Labute approximate surface area is 226 Å². The van der Waals surface area contributed by atoms with Gasteiger partial charge in [0.25, 0.3) is 5.91 Å². The van der Waals surface area contributed by atoms with Crippen LogP contribution in [0.4, 0.5) is 0 Å². The maximum absolute atomic E-state index is 12.8. The highest BCUT2D eigenvalue weighted by atomic mass is 16.5. The molecule has 0 radical (unpaired) electrons. The van der Waals surface area contributed by atoms with Gasteiger partial charge in [0.15, 0.2) is 0 Å². The van der Waals surface area contributed by atoms with Gasteiger partial charge < -0.3 is 10.1 Å². The van der Waals surface area contributed by atoms with E-state index in [-0.39, 0.29) is 12.1 Å². The summed E-state index contributed by atoms with van der Waals surface area (Å²) in [6, 6.07) is 32.9. The molecule has 190 valence electrons. The molecule has 0 saturated carbocycles. The van der Waals surface area contributed by atoms with Crippen LogP contribution in [-0.2, 0) is 17.9 Å². The van der Waals surface area contributed by atoms with Gasteiger partial charge in [0.1, 0.15) is 24.0 Å². The van der Waals surface area contributed by atoms with Gasteiger partial charge in [0, 0.05) is 36.3 Å². The van der Waals surface area contributed by atoms with E-state index in [0.29, 0.717) is 17.9 Å². The molecule has 0 saturated heterocycles. The Kier molecular flexibility index (Phi) is 7.86. The first-order chi connectivity index (χ1) is 19.2. The average molecular weight is 512 g/mol. The molecule has 0 bridgehead atoms. The zero-order chi connectivity index (χ0) is 26.9. The van der Waals surface area contributed by atoms with E-state index < -0.39 is 5.91 Å². The summed E-state index contributed by atoms with van der Waals surface area (Å²) in [7, 11) is 0. The summed E-state index contributed by atoms with van der Waals surface area (Å²) in [6.07, 6.45) is 6.72. The molecule has 0 unspecified atom stereocenters. The number of ether oxygens (including phenoxy) is 1. The van der Waals surface area contributed by atoms with Crippen LogP contribution in [0.1, 0.15) is 16.7 Å². The number of carbonyl (C=O) groups excluding carboxylic acids is 1. The second kappa shape index (κ2) is 12.2. The van der Waals surface area contributed by atoms with Crippen LogP contribution in [0.25, 0.3) is 23.0 Å². The number of hydrogen-bond donors (Lipinski definition) is 1. The van der Waals surface area contributed by atoms with Crippen molar-refractivity contribution >= 4 is 12.0 Å². The van der Waals surface area contributed by atoms with Crippen LogP contribution in [0.2, 0.25) is 0 Å². The smallest absolute Gasteiger partial charge is 0.262 e. The van der Waals surface area contributed by atoms with Crippen molar-refractivity contribution in [1.82, 2.24) is 20.1 Å². The third kappa shape index (κ3) is 6.45. The normalized spacial score (nSPS) is 11.0. The standard InChI is InChI=1S/C32H25N5O2/c33-19-27(32(38)35-21-25-10-7-17-34-20-25)18-28-22-37(29-11-5-2-6-12-29)36-31(28)26-13-15-30(16-14-26)39-23-24-8-3-1-4-9-24/h1-18,20,22H,21,23H2,(H,35,38). The van der Waals surface area contributed by atoms with E-state index in [1.807, 2.05) is 103 Å². The lowest BCUT2D eigenvalue weighted by Gasteiger charge is -2.07. The predicted octanol–water partition coefficient (Wildman–Crippen LogP) is 5.74. The number of nitrogens with zero attached hydrogens (tertiary/aromatic N) is 4. The summed E-state index contributed by atoms with van der Waals surface area (Å²) in [4.78, 5) is 16.9. The molecule has 0 aliphatic heterocycles. The van der Waals surface area contributed by atoms with E-state index >= 15 is 0 Å². The fraction of sp³-hybridized carbons (Fsp3) is 0.0625. The maximum Gasteiger partial charge on any atom is 0.262 e.